The van der Waals surface area contributed by atoms with Gasteiger partial charge < -0.3 is 5.32 Å². The summed E-state index contributed by atoms with van der Waals surface area (Å²) in [5.74, 6) is 2.01. The highest BCUT2D eigenvalue weighted by molar-refractivity contribution is 4.93. The lowest BCUT2D eigenvalue weighted by Crippen LogP contribution is -2.48. The van der Waals surface area contributed by atoms with Gasteiger partial charge in [0.25, 0.3) is 0 Å². The topological polar surface area (TPSA) is 15.3 Å². The van der Waals surface area contributed by atoms with Gasteiger partial charge in [0.2, 0.25) is 0 Å². The fraction of sp³-hybridized carbons (Fsp3) is 1.00. The van der Waals surface area contributed by atoms with Crippen molar-refractivity contribution in [3.8, 4) is 0 Å². The molecule has 1 heterocycles. The van der Waals surface area contributed by atoms with Gasteiger partial charge in [-0.3, -0.25) is 4.90 Å². The summed E-state index contributed by atoms with van der Waals surface area (Å²) in [7, 11) is 0. The van der Waals surface area contributed by atoms with Gasteiger partial charge in [0.05, 0.1) is 0 Å². The molecule has 2 saturated carbocycles. The van der Waals surface area contributed by atoms with Crippen LogP contribution in [0.25, 0.3) is 0 Å². The van der Waals surface area contributed by atoms with Gasteiger partial charge in [-0.25, -0.2) is 0 Å². The van der Waals surface area contributed by atoms with Crippen molar-refractivity contribution in [2.24, 2.45) is 11.8 Å². The molecule has 1 unspecified atom stereocenters. The van der Waals surface area contributed by atoms with Crippen LogP contribution in [-0.2, 0) is 0 Å². The summed E-state index contributed by atoms with van der Waals surface area (Å²) in [6.45, 7) is 6.32. The summed E-state index contributed by atoms with van der Waals surface area (Å²) in [5.41, 5.74) is 0. The summed E-state index contributed by atoms with van der Waals surface area (Å²) < 4.78 is 0. The molecule has 86 valence electrons. The maximum absolute atomic E-state index is 3.75. The lowest BCUT2D eigenvalue weighted by Gasteiger charge is -2.42. The predicted octanol–water partition coefficient (Wildman–Crippen LogP) is 1.86. The molecule has 0 amide bonds. The van der Waals surface area contributed by atoms with E-state index in [0.29, 0.717) is 0 Å². The number of nitrogens with zero attached hydrogens (tertiary/aromatic N) is 1. The van der Waals surface area contributed by atoms with Gasteiger partial charge in [-0.2, -0.15) is 0 Å². The van der Waals surface area contributed by atoms with Crippen molar-refractivity contribution in [3.05, 3.63) is 0 Å². The van der Waals surface area contributed by atoms with Crippen LogP contribution in [0.15, 0.2) is 0 Å². The van der Waals surface area contributed by atoms with E-state index in [0.717, 1.165) is 23.9 Å². The van der Waals surface area contributed by atoms with Gasteiger partial charge in [-0.1, -0.05) is 6.92 Å². The quantitative estimate of drug-likeness (QED) is 0.745. The largest absolute Gasteiger partial charge is 0.312 e. The Morgan fingerprint density at radius 2 is 2.00 bits per heavy atom. The first-order chi connectivity index (χ1) is 7.33. The summed E-state index contributed by atoms with van der Waals surface area (Å²) >= 11 is 0. The molecule has 0 spiro atoms. The first kappa shape index (κ1) is 10.1. The van der Waals surface area contributed by atoms with Crippen molar-refractivity contribution < 1.29 is 0 Å². The zero-order valence-electron chi connectivity index (χ0n) is 9.91. The maximum atomic E-state index is 3.75. The normalized spacial score (nSPS) is 43.4. The highest BCUT2D eigenvalue weighted by Gasteiger charge is 2.37. The molecule has 0 aromatic carbocycles. The monoisotopic (exact) mass is 208 g/mol. The average molecular weight is 208 g/mol. The van der Waals surface area contributed by atoms with E-state index in [1.165, 1.54) is 51.7 Å². The molecule has 0 radical (unpaired) electrons. The van der Waals surface area contributed by atoms with Gasteiger partial charge in [0.15, 0.2) is 0 Å². The Morgan fingerprint density at radius 3 is 2.67 bits per heavy atom. The van der Waals surface area contributed by atoms with Crippen LogP contribution in [0.1, 0.15) is 39.0 Å². The molecule has 0 bridgehead atoms. The second-order valence-corrected chi connectivity index (χ2v) is 5.98. The van der Waals surface area contributed by atoms with E-state index in [2.05, 4.69) is 17.1 Å². The van der Waals surface area contributed by atoms with E-state index in [4.69, 9.17) is 0 Å². The molecule has 1 saturated heterocycles. The molecule has 0 aromatic rings. The number of hydrogen-bond acceptors (Lipinski definition) is 2. The Balaban J connectivity index is 1.57. The number of hydrogen-bond donors (Lipinski definition) is 1. The molecule has 2 heteroatoms. The third-order valence-electron chi connectivity index (χ3n) is 4.52. The first-order valence-electron chi connectivity index (χ1n) is 6.80. The van der Waals surface area contributed by atoms with Crippen LogP contribution in [0.4, 0.5) is 0 Å². The molecule has 15 heavy (non-hydrogen) atoms. The van der Waals surface area contributed by atoms with E-state index < -0.39 is 0 Å². The Bertz CT molecular complexity index is 219. The second kappa shape index (κ2) is 4.06. The third-order valence-corrected chi connectivity index (χ3v) is 4.52. The van der Waals surface area contributed by atoms with Gasteiger partial charge in [-0.15, -0.1) is 0 Å². The number of nitrogens with one attached hydrogen (secondary N) is 1. The summed E-state index contributed by atoms with van der Waals surface area (Å²) in [6.07, 6.45) is 7.22. The fourth-order valence-electron chi connectivity index (χ4n) is 3.28. The summed E-state index contributed by atoms with van der Waals surface area (Å²) in [5, 5.41) is 3.75. The van der Waals surface area contributed by atoms with Crippen molar-refractivity contribution in [3.63, 3.8) is 0 Å². The molecular weight excluding hydrogens is 184 g/mol. The molecule has 0 aromatic heterocycles. The SMILES string of the molecule is CC1CC(N2CCCNC(C3CC3)C2)C1. The maximum Gasteiger partial charge on any atom is 0.0223 e. The van der Waals surface area contributed by atoms with E-state index in [1.807, 2.05) is 0 Å². The van der Waals surface area contributed by atoms with Crippen LogP contribution in [0.5, 0.6) is 0 Å². The van der Waals surface area contributed by atoms with Crippen LogP contribution in [0, 0.1) is 11.8 Å². The van der Waals surface area contributed by atoms with E-state index in [9.17, 15) is 0 Å². The molecule has 3 fully saturated rings. The third kappa shape index (κ3) is 2.21. The predicted molar refractivity (Wildman–Crippen MR) is 62.9 cm³/mol. The van der Waals surface area contributed by atoms with Gasteiger partial charge in [0.1, 0.15) is 0 Å². The minimum Gasteiger partial charge on any atom is -0.312 e. The van der Waals surface area contributed by atoms with Crippen LogP contribution in [0.2, 0.25) is 0 Å². The minimum absolute atomic E-state index is 0.823. The zero-order valence-corrected chi connectivity index (χ0v) is 9.91. The van der Waals surface area contributed by atoms with Gasteiger partial charge >= 0.3 is 0 Å². The highest BCUT2D eigenvalue weighted by atomic mass is 15.2. The highest BCUT2D eigenvalue weighted by Crippen LogP contribution is 2.36. The Morgan fingerprint density at radius 1 is 1.20 bits per heavy atom. The lowest BCUT2D eigenvalue weighted by atomic mass is 9.80. The van der Waals surface area contributed by atoms with Crippen LogP contribution >= 0.6 is 0 Å². The van der Waals surface area contributed by atoms with Crippen LogP contribution in [-0.4, -0.2) is 36.6 Å². The molecular formula is C13H24N2. The van der Waals surface area contributed by atoms with E-state index in [1.54, 1.807) is 0 Å². The van der Waals surface area contributed by atoms with Crippen molar-refractivity contribution in [2.75, 3.05) is 19.6 Å². The molecule has 2 nitrogen and oxygen atoms in total. The molecule has 3 aliphatic rings. The van der Waals surface area contributed by atoms with Crippen molar-refractivity contribution in [1.29, 1.82) is 0 Å². The van der Waals surface area contributed by atoms with Crippen molar-refractivity contribution >= 4 is 0 Å². The lowest BCUT2D eigenvalue weighted by molar-refractivity contribution is 0.0827. The standard InChI is InChI=1S/C13H24N2/c1-10-7-12(8-10)15-6-2-5-14-13(9-15)11-3-4-11/h10-14H,2-9H2,1H3. The van der Waals surface area contributed by atoms with Crippen molar-refractivity contribution in [1.82, 2.24) is 10.2 Å². The average Bonchev–Trinajstić information content (AvgIpc) is 2.98. The molecule has 1 aliphatic heterocycles. The Hall–Kier alpha value is -0.0800. The summed E-state index contributed by atoms with van der Waals surface area (Å²) in [6, 6.07) is 1.75. The molecule has 3 rings (SSSR count). The number of rotatable bonds is 2. The molecule has 1 atom stereocenters. The minimum atomic E-state index is 0.823. The fourth-order valence-corrected chi connectivity index (χ4v) is 3.28. The van der Waals surface area contributed by atoms with E-state index in [-0.39, 0.29) is 0 Å². The van der Waals surface area contributed by atoms with Gasteiger partial charge in [0, 0.05) is 18.6 Å². The van der Waals surface area contributed by atoms with E-state index >= 15 is 0 Å². The summed E-state index contributed by atoms with van der Waals surface area (Å²) in [4.78, 5) is 2.78. The van der Waals surface area contributed by atoms with Crippen LogP contribution in [0.3, 0.4) is 0 Å². The van der Waals surface area contributed by atoms with Crippen LogP contribution < -0.4 is 5.32 Å². The smallest absolute Gasteiger partial charge is 0.0223 e. The second-order valence-electron chi connectivity index (χ2n) is 5.98. The first-order valence-corrected chi connectivity index (χ1v) is 6.80. The Labute approximate surface area is 93.4 Å². The van der Waals surface area contributed by atoms with Gasteiger partial charge in [-0.05, 0) is 57.0 Å². The molecule has 2 aliphatic carbocycles. The zero-order chi connectivity index (χ0) is 10.3. The molecule has 1 N–H and O–H groups in total. The Kier molecular flexibility index (Phi) is 2.73. The van der Waals surface area contributed by atoms with Crippen molar-refractivity contribution in [2.45, 2.75) is 51.1 Å².